The van der Waals surface area contributed by atoms with Gasteiger partial charge in [0, 0.05) is 23.8 Å². The Bertz CT molecular complexity index is 518. The Morgan fingerprint density at radius 2 is 1.91 bits per heavy atom. The van der Waals surface area contributed by atoms with Crippen molar-refractivity contribution in [2.75, 3.05) is 30.0 Å². The van der Waals surface area contributed by atoms with Crippen molar-refractivity contribution in [2.45, 2.75) is 45.1 Å². The molecule has 0 spiro atoms. The standard InChI is InChI=1S/C18H26N2O2/c1-18(2)13-22-12-11-20(18)16-9-7-15(8-10-16)19-17(21)14-5-3-4-6-14/h7-10,14H,3-6,11-13H2,1-2H3,(H,19,21). The number of rotatable bonds is 3. The summed E-state index contributed by atoms with van der Waals surface area (Å²) in [5.74, 6) is 0.384. The molecule has 1 saturated heterocycles. The molecule has 1 aliphatic carbocycles. The van der Waals surface area contributed by atoms with Crippen molar-refractivity contribution in [3.63, 3.8) is 0 Å². The number of anilines is 2. The minimum Gasteiger partial charge on any atom is -0.377 e. The van der Waals surface area contributed by atoms with Gasteiger partial charge in [0.2, 0.25) is 5.91 Å². The largest absolute Gasteiger partial charge is 0.377 e. The van der Waals surface area contributed by atoms with Crippen LogP contribution in [0.4, 0.5) is 11.4 Å². The molecule has 0 radical (unpaired) electrons. The van der Waals surface area contributed by atoms with E-state index in [1.807, 2.05) is 12.1 Å². The molecule has 1 heterocycles. The number of ether oxygens (including phenoxy) is 1. The molecule has 1 aromatic rings. The van der Waals surface area contributed by atoms with Gasteiger partial charge in [0.05, 0.1) is 18.8 Å². The van der Waals surface area contributed by atoms with Gasteiger partial charge < -0.3 is 15.0 Å². The molecule has 0 bridgehead atoms. The Morgan fingerprint density at radius 3 is 2.55 bits per heavy atom. The highest BCUT2D eigenvalue weighted by atomic mass is 16.5. The van der Waals surface area contributed by atoms with Gasteiger partial charge in [0.1, 0.15) is 0 Å². The summed E-state index contributed by atoms with van der Waals surface area (Å²) in [5.41, 5.74) is 2.09. The van der Waals surface area contributed by atoms with Crippen LogP contribution in [0, 0.1) is 5.92 Å². The third kappa shape index (κ3) is 3.27. The first-order valence-corrected chi connectivity index (χ1v) is 8.33. The molecule has 2 fully saturated rings. The monoisotopic (exact) mass is 302 g/mol. The molecule has 1 N–H and O–H groups in total. The van der Waals surface area contributed by atoms with Crippen LogP contribution < -0.4 is 10.2 Å². The zero-order chi connectivity index (χ0) is 15.6. The molecule has 0 aromatic heterocycles. The summed E-state index contributed by atoms with van der Waals surface area (Å²) in [4.78, 5) is 14.5. The summed E-state index contributed by atoms with van der Waals surface area (Å²) in [7, 11) is 0. The first-order valence-electron chi connectivity index (χ1n) is 8.33. The second-order valence-electron chi connectivity index (χ2n) is 7.03. The van der Waals surface area contributed by atoms with Gasteiger partial charge in [-0.1, -0.05) is 12.8 Å². The van der Waals surface area contributed by atoms with Crippen LogP contribution in [0.1, 0.15) is 39.5 Å². The maximum absolute atomic E-state index is 12.2. The summed E-state index contributed by atoms with van der Waals surface area (Å²) < 4.78 is 5.57. The summed E-state index contributed by atoms with van der Waals surface area (Å²) >= 11 is 0. The topological polar surface area (TPSA) is 41.6 Å². The van der Waals surface area contributed by atoms with Crippen LogP contribution >= 0.6 is 0 Å². The van der Waals surface area contributed by atoms with Crippen molar-refractivity contribution in [1.29, 1.82) is 0 Å². The number of amides is 1. The van der Waals surface area contributed by atoms with Crippen LogP contribution in [-0.2, 0) is 9.53 Å². The van der Waals surface area contributed by atoms with Crippen molar-refractivity contribution >= 4 is 17.3 Å². The Kier molecular flexibility index (Phi) is 4.39. The van der Waals surface area contributed by atoms with Crippen LogP contribution in [0.15, 0.2) is 24.3 Å². The lowest BCUT2D eigenvalue weighted by Crippen LogP contribution is -2.53. The summed E-state index contributed by atoms with van der Waals surface area (Å²) in [5, 5.41) is 3.05. The number of carbonyl (C=O) groups excluding carboxylic acids is 1. The van der Waals surface area contributed by atoms with E-state index >= 15 is 0 Å². The molecule has 1 saturated carbocycles. The first kappa shape index (κ1) is 15.3. The van der Waals surface area contributed by atoms with Crippen LogP contribution in [0.2, 0.25) is 0 Å². The van der Waals surface area contributed by atoms with E-state index in [4.69, 9.17) is 4.74 Å². The summed E-state index contributed by atoms with van der Waals surface area (Å²) in [6, 6.07) is 8.20. The molecule has 22 heavy (non-hydrogen) atoms. The lowest BCUT2D eigenvalue weighted by Gasteiger charge is -2.43. The van der Waals surface area contributed by atoms with E-state index in [0.29, 0.717) is 0 Å². The van der Waals surface area contributed by atoms with Gasteiger partial charge in [-0.2, -0.15) is 0 Å². The Morgan fingerprint density at radius 1 is 1.23 bits per heavy atom. The smallest absolute Gasteiger partial charge is 0.227 e. The van der Waals surface area contributed by atoms with Crippen LogP contribution in [0.5, 0.6) is 0 Å². The number of hydrogen-bond donors (Lipinski definition) is 1. The summed E-state index contributed by atoms with van der Waals surface area (Å²) in [6.45, 7) is 6.81. The fourth-order valence-electron chi connectivity index (χ4n) is 3.49. The highest BCUT2D eigenvalue weighted by molar-refractivity contribution is 5.92. The normalized spacial score (nSPS) is 21.8. The minimum absolute atomic E-state index is 0.00681. The number of nitrogens with zero attached hydrogens (tertiary/aromatic N) is 1. The molecular formula is C18H26N2O2. The van der Waals surface area contributed by atoms with Gasteiger partial charge in [-0.05, 0) is 51.0 Å². The van der Waals surface area contributed by atoms with E-state index in [1.165, 1.54) is 18.5 Å². The van der Waals surface area contributed by atoms with Crippen LogP contribution in [0.25, 0.3) is 0 Å². The molecular weight excluding hydrogens is 276 g/mol. The average molecular weight is 302 g/mol. The van der Waals surface area contributed by atoms with Crippen molar-refractivity contribution in [1.82, 2.24) is 0 Å². The second kappa shape index (κ2) is 6.29. The Balaban J connectivity index is 1.66. The van der Waals surface area contributed by atoms with Crippen molar-refractivity contribution in [2.24, 2.45) is 5.92 Å². The number of morpholine rings is 1. The lowest BCUT2D eigenvalue weighted by atomic mass is 10.0. The highest BCUT2D eigenvalue weighted by Gasteiger charge is 2.30. The molecule has 2 aliphatic rings. The van der Waals surface area contributed by atoms with Gasteiger partial charge >= 0.3 is 0 Å². The highest BCUT2D eigenvalue weighted by Crippen LogP contribution is 2.29. The quantitative estimate of drug-likeness (QED) is 0.930. The third-order valence-corrected chi connectivity index (χ3v) is 4.82. The van der Waals surface area contributed by atoms with Crippen LogP contribution in [0.3, 0.4) is 0 Å². The average Bonchev–Trinajstić information content (AvgIpc) is 3.02. The maximum Gasteiger partial charge on any atom is 0.227 e. The number of carbonyl (C=O) groups is 1. The molecule has 3 rings (SSSR count). The zero-order valence-corrected chi connectivity index (χ0v) is 13.6. The fraction of sp³-hybridized carbons (Fsp3) is 0.611. The number of nitrogens with one attached hydrogen (secondary N) is 1. The van der Waals surface area contributed by atoms with Gasteiger partial charge in [0.15, 0.2) is 0 Å². The molecule has 120 valence electrons. The fourth-order valence-corrected chi connectivity index (χ4v) is 3.49. The van der Waals surface area contributed by atoms with E-state index in [1.54, 1.807) is 0 Å². The molecule has 0 unspecified atom stereocenters. The van der Waals surface area contributed by atoms with E-state index in [9.17, 15) is 4.79 Å². The predicted molar refractivity (Wildman–Crippen MR) is 89.3 cm³/mol. The molecule has 1 aliphatic heterocycles. The van der Waals surface area contributed by atoms with E-state index in [-0.39, 0.29) is 17.4 Å². The Hall–Kier alpha value is -1.55. The molecule has 1 amide bonds. The van der Waals surface area contributed by atoms with Gasteiger partial charge in [-0.25, -0.2) is 0 Å². The molecule has 0 atom stereocenters. The van der Waals surface area contributed by atoms with Crippen molar-refractivity contribution < 1.29 is 9.53 Å². The number of benzene rings is 1. The van der Waals surface area contributed by atoms with E-state index in [2.05, 4.69) is 36.2 Å². The zero-order valence-electron chi connectivity index (χ0n) is 13.6. The molecule has 1 aromatic carbocycles. The first-order chi connectivity index (χ1) is 10.6. The number of hydrogen-bond acceptors (Lipinski definition) is 3. The summed E-state index contributed by atoms with van der Waals surface area (Å²) in [6.07, 6.45) is 4.43. The predicted octanol–water partition coefficient (Wildman–Crippen LogP) is 3.43. The minimum atomic E-state index is 0.00681. The Labute approximate surface area is 132 Å². The maximum atomic E-state index is 12.2. The van der Waals surface area contributed by atoms with Crippen LogP contribution in [-0.4, -0.2) is 31.2 Å². The third-order valence-electron chi connectivity index (χ3n) is 4.82. The van der Waals surface area contributed by atoms with Gasteiger partial charge in [-0.15, -0.1) is 0 Å². The second-order valence-corrected chi connectivity index (χ2v) is 7.03. The van der Waals surface area contributed by atoms with Crippen molar-refractivity contribution in [3.8, 4) is 0 Å². The van der Waals surface area contributed by atoms with Gasteiger partial charge in [0.25, 0.3) is 0 Å². The SMILES string of the molecule is CC1(C)COCCN1c1ccc(NC(=O)C2CCCC2)cc1. The van der Waals surface area contributed by atoms with E-state index < -0.39 is 0 Å². The molecule has 4 nitrogen and oxygen atoms in total. The lowest BCUT2D eigenvalue weighted by molar-refractivity contribution is -0.119. The van der Waals surface area contributed by atoms with Crippen molar-refractivity contribution in [3.05, 3.63) is 24.3 Å². The molecule has 4 heteroatoms. The van der Waals surface area contributed by atoms with E-state index in [0.717, 1.165) is 38.3 Å². The van der Waals surface area contributed by atoms with Gasteiger partial charge in [-0.3, -0.25) is 4.79 Å².